The summed E-state index contributed by atoms with van der Waals surface area (Å²) in [6, 6.07) is 8.78. The Bertz CT molecular complexity index is 379. The molecule has 0 aliphatic rings. The van der Waals surface area contributed by atoms with Crippen LogP contribution in [0.15, 0.2) is 43.0 Å². The fourth-order valence-corrected chi connectivity index (χ4v) is 1.65. The molecule has 0 heterocycles. The third-order valence-electron chi connectivity index (χ3n) is 2.65. The highest BCUT2D eigenvalue weighted by Crippen LogP contribution is 2.03. The van der Waals surface area contributed by atoms with Gasteiger partial charge in [-0.1, -0.05) is 36.4 Å². The van der Waals surface area contributed by atoms with Crippen molar-refractivity contribution in [3.8, 4) is 0 Å². The number of carbonyl (C=O) groups is 1. The molecule has 1 amide bonds. The van der Waals surface area contributed by atoms with Crippen molar-refractivity contribution in [2.75, 3.05) is 6.61 Å². The van der Waals surface area contributed by atoms with Crippen molar-refractivity contribution in [1.82, 2.24) is 5.32 Å². The van der Waals surface area contributed by atoms with Crippen LogP contribution in [0.1, 0.15) is 12.0 Å². The molecule has 0 saturated heterocycles. The van der Waals surface area contributed by atoms with E-state index in [-0.39, 0.29) is 18.6 Å². The number of benzene rings is 1. The van der Waals surface area contributed by atoms with E-state index in [1.807, 2.05) is 30.3 Å². The lowest BCUT2D eigenvalue weighted by atomic mass is 10.1. The Morgan fingerprint density at radius 2 is 2.11 bits per heavy atom. The smallest absolute Gasteiger partial charge is 0.237 e. The summed E-state index contributed by atoms with van der Waals surface area (Å²) in [6.45, 7) is 3.43. The molecule has 0 aliphatic carbocycles. The molecule has 4 heteroatoms. The maximum absolute atomic E-state index is 11.7. The maximum atomic E-state index is 11.7. The van der Waals surface area contributed by atoms with Gasteiger partial charge in [0, 0.05) is 0 Å². The van der Waals surface area contributed by atoms with Crippen LogP contribution in [0, 0.1) is 0 Å². The quantitative estimate of drug-likeness (QED) is 0.619. The third kappa shape index (κ3) is 4.69. The van der Waals surface area contributed by atoms with Crippen LogP contribution in [0.5, 0.6) is 0 Å². The predicted molar refractivity (Wildman–Crippen MR) is 72.0 cm³/mol. The Morgan fingerprint density at radius 3 is 2.67 bits per heavy atom. The fourth-order valence-electron chi connectivity index (χ4n) is 1.65. The van der Waals surface area contributed by atoms with E-state index in [0.717, 1.165) is 5.56 Å². The van der Waals surface area contributed by atoms with Crippen LogP contribution in [0.2, 0.25) is 0 Å². The van der Waals surface area contributed by atoms with Gasteiger partial charge in [0.2, 0.25) is 5.91 Å². The predicted octanol–water partition coefficient (Wildman–Crippen LogP) is 0.610. The zero-order valence-corrected chi connectivity index (χ0v) is 10.4. The van der Waals surface area contributed by atoms with E-state index in [4.69, 9.17) is 5.73 Å². The van der Waals surface area contributed by atoms with Gasteiger partial charge in [-0.2, -0.15) is 0 Å². The van der Waals surface area contributed by atoms with Gasteiger partial charge < -0.3 is 16.2 Å². The standard InChI is InChI=1S/C14H20N2O2/c1-2-6-13(15)14(18)16-12(10-17)9-11-7-4-3-5-8-11/h2-5,7-8,12-13,17H,1,6,9-10,15H2,(H,16,18)/t12-,13?/m1/s1. The molecule has 0 aromatic heterocycles. The second-order valence-electron chi connectivity index (χ2n) is 4.21. The van der Waals surface area contributed by atoms with Gasteiger partial charge in [-0.25, -0.2) is 0 Å². The Balaban J connectivity index is 2.52. The molecule has 18 heavy (non-hydrogen) atoms. The van der Waals surface area contributed by atoms with Crippen LogP contribution >= 0.6 is 0 Å². The van der Waals surface area contributed by atoms with Crippen molar-refractivity contribution in [1.29, 1.82) is 0 Å². The summed E-state index contributed by atoms with van der Waals surface area (Å²) < 4.78 is 0. The SMILES string of the molecule is C=CCC(N)C(=O)N[C@@H](CO)Cc1ccccc1. The Labute approximate surface area is 108 Å². The van der Waals surface area contributed by atoms with Crippen molar-refractivity contribution in [2.45, 2.75) is 24.9 Å². The van der Waals surface area contributed by atoms with Crippen molar-refractivity contribution in [2.24, 2.45) is 5.73 Å². The van der Waals surface area contributed by atoms with Gasteiger partial charge >= 0.3 is 0 Å². The van der Waals surface area contributed by atoms with Gasteiger partial charge in [-0.3, -0.25) is 4.79 Å². The van der Waals surface area contributed by atoms with E-state index in [2.05, 4.69) is 11.9 Å². The number of nitrogens with one attached hydrogen (secondary N) is 1. The molecule has 1 aromatic carbocycles. The molecule has 0 radical (unpaired) electrons. The first-order valence-corrected chi connectivity index (χ1v) is 5.99. The van der Waals surface area contributed by atoms with Crippen molar-refractivity contribution < 1.29 is 9.90 Å². The minimum absolute atomic E-state index is 0.110. The molecule has 1 aromatic rings. The second kappa shape index (κ2) is 7.63. The molecule has 2 atom stereocenters. The van der Waals surface area contributed by atoms with Crippen LogP contribution in [0.25, 0.3) is 0 Å². The molecule has 98 valence electrons. The number of hydrogen-bond donors (Lipinski definition) is 3. The number of carbonyl (C=O) groups excluding carboxylic acids is 1. The zero-order valence-electron chi connectivity index (χ0n) is 10.4. The van der Waals surface area contributed by atoms with Crippen LogP contribution in [0.4, 0.5) is 0 Å². The summed E-state index contributed by atoms with van der Waals surface area (Å²) in [5.74, 6) is -0.259. The maximum Gasteiger partial charge on any atom is 0.237 e. The van der Waals surface area contributed by atoms with E-state index < -0.39 is 6.04 Å². The summed E-state index contributed by atoms with van der Waals surface area (Å²) in [5.41, 5.74) is 6.72. The molecular formula is C14H20N2O2. The number of amides is 1. The molecule has 4 nitrogen and oxygen atoms in total. The van der Waals surface area contributed by atoms with Gasteiger partial charge in [0.05, 0.1) is 18.7 Å². The molecule has 0 bridgehead atoms. The molecule has 0 spiro atoms. The number of nitrogens with two attached hydrogens (primary N) is 1. The van der Waals surface area contributed by atoms with Gasteiger partial charge in [-0.05, 0) is 18.4 Å². The van der Waals surface area contributed by atoms with Crippen molar-refractivity contribution in [3.05, 3.63) is 48.6 Å². The lowest BCUT2D eigenvalue weighted by molar-refractivity contribution is -0.123. The minimum Gasteiger partial charge on any atom is -0.394 e. The topological polar surface area (TPSA) is 75.4 Å². The monoisotopic (exact) mass is 248 g/mol. The summed E-state index contributed by atoms with van der Waals surface area (Å²) in [4.78, 5) is 11.7. The van der Waals surface area contributed by atoms with E-state index in [9.17, 15) is 9.90 Å². The number of rotatable bonds is 7. The van der Waals surface area contributed by atoms with Crippen LogP contribution < -0.4 is 11.1 Å². The largest absolute Gasteiger partial charge is 0.394 e. The number of aliphatic hydroxyl groups is 1. The molecule has 4 N–H and O–H groups in total. The summed E-state index contributed by atoms with van der Waals surface area (Å²) in [7, 11) is 0. The van der Waals surface area contributed by atoms with Gasteiger partial charge in [0.1, 0.15) is 0 Å². The van der Waals surface area contributed by atoms with E-state index >= 15 is 0 Å². The molecule has 0 saturated carbocycles. The zero-order chi connectivity index (χ0) is 13.4. The van der Waals surface area contributed by atoms with Gasteiger partial charge in [0.15, 0.2) is 0 Å². The molecule has 0 aliphatic heterocycles. The molecule has 1 unspecified atom stereocenters. The lowest BCUT2D eigenvalue weighted by Crippen LogP contribution is -2.47. The highest BCUT2D eigenvalue weighted by atomic mass is 16.3. The highest BCUT2D eigenvalue weighted by Gasteiger charge is 2.16. The van der Waals surface area contributed by atoms with E-state index in [1.54, 1.807) is 6.08 Å². The molecule has 1 rings (SSSR count). The third-order valence-corrected chi connectivity index (χ3v) is 2.65. The first-order chi connectivity index (χ1) is 8.67. The minimum atomic E-state index is -0.604. The number of hydrogen-bond acceptors (Lipinski definition) is 3. The van der Waals surface area contributed by atoms with E-state index in [0.29, 0.717) is 12.8 Å². The molecule has 0 fully saturated rings. The van der Waals surface area contributed by atoms with Crippen LogP contribution in [0.3, 0.4) is 0 Å². The first kappa shape index (κ1) is 14.4. The average molecular weight is 248 g/mol. The number of aliphatic hydroxyl groups excluding tert-OH is 1. The summed E-state index contributed by atoms with van der Waals surface area (Å²) in [5, 5.41) is 12.0. The second-order valence-corrected chi connectivity index (χ2v) is 4.21. The summed E-state index contributed by atoms with van der Waals surface area (Å²) >= 11 is 0. The van der Waals surface area contributed by atoms with Crippen LogP contribution in [-0.4, -0.2) is 29.7 Å². The van der Waals surface area contributed by atoms with Crippen molar-refractivity contribution >= 4 is 5.91 Å². The van der Waals surface area contributed by atoms with Gasteiger partial charge in [0.25, 0.3) is 0 Å². The fraction of sp³-hybridized carbons (Fsp3) is 0.357. The summed E-state index contributed by atoms with van der Waals surface area (Å²) in [6.07, 6.45) is 2.62. The Hall–Kier alpha value is -1.65. The Morgan fingerprint density at radius 1 is 1.44 bits per heavy atom. The van der Waals surface area contributed by atoms with E-state index in [1.165, 1.54) is 0 Å². The Kier molecular flexibility index (Phi) is 6.11. The van der Waals surface area contributed by atoms with Gasteiger partial charge in [-0.15, -0.1) is 6.58 Å². The normalized spacial score (nSPS) is 13.7. The highest BCUT2D eigenvalue weighted by molar-refractivity contribution is 5.81. The van der Waals surface area contributed by atoms with Crippen LogP contribution in [-0.2, 0) is 11.2 Å². The van der Waals surface area contributed by atoms with Crippen molar-refractivity contribution in [3.63, 3.8) is 0 Å². The lowest BCUT2D eigenvalue weighted by Gasteiger charge is -2.18. The molecular weight excluding hydrogens is 228 g/mol. The first-order valence-electron chi connectivity index (χ1n) is 5.99. The average Bonchev–Trinajstić information content (AvgIpc) is 2.39.